The van der Waals surface area contributed by atoms with Gasteiger partial charge in [0.05, 0.1) is 10.8 Å². The Bertz CT molecular complexity index is 635. The zero-order chi connectivity index (χ0) is 14.7. The Hall–Kier alpha value is -2.07. The first-order chi connectivity index (χ1) is 9.52. The quantitative estimate of drug-likeness (QED) is 0.464. The molecule has 0 atom stereocenters. The molecule has 2 aromatic rings. The van der Waals surface area contributed by atoms with Crippen molar-refractivity contribution < 1.29 is 9.66 Å². The molecule has 104 valence electrons. The number of para-hydroxylation sites is 1. The second kappa shape index (κ2) is 5.92. The predicted octanol–water partition coefficient (Wildman–Crippen LogP) is 4.74. The van der Waals surface area contributed by atoms with E-state index in [0.717, 1.165) is 16.9 Å². The lowest BCUT2D eigenvalue weighted by atomic mass is 10.1. The first-order valence-corrected chi connectivity index (χ1v) is 6.63. The van der Waals surface area contributed by atoms with E-state index in [4.69, 9.17) is 16.3 Å². The van der Waals surface area contributed by atoms with Gasteiger partial charge in [-0.3, -0.25) is 10.1 Å². The fourth-order valence-electron chi connectivity index (χ4n) is 1.95. The number of rotatable bonds is 4. The number of hydrogen-bond donors (Lipinski definition) is 0. The second-order valence-corrected chi connectivity index (χ2v) is 4.77. The summed E-state index contributed by atoms with van der Waals surface area (Å²) in [6.45, 7) is 3.90. The van der Waals surface area contributed by atoms with Gasteiger partial charge in [0.2, 0.25) is 0 Å². The zero-order valence-corrected chi connectivity index (χ0v) is 12.0. The molecule has 0 radical (unpaired) electrons. The van der Waals surface area contributed by atoms with E-state index in [1.54, 1.807) is 6.07 Å². The van der Waals surface area contributed by atoms with Gasteiger partial charge >= 0.3 is 0 Å². The van der Waals surface area contributed by atoms with Gasteiger partial charge in [-0.05, 0) is 31.0 Å². The standard InChI is InChI=1S/C15H14ClNO3/c1-10-4-3-5-11(2)15(10)20-14-7-6-13(17(18)19)8-12(14)9-16/h3-8H,9H2,1-2H3. The highest BCUT2D eigenvalue weighted by Gasteiger charge is 2.13. The van der Waals surface area contributed by atoms with Crippen molar-refractivity contribution in [3.8, 4) is 11.5 Å². The van der Waals surface area contributed by atoms with E-state index in [9.17, 15) is 10.1 Å². The Kier molecular flexibility index (Phi) is 4.25. The predicted molar refractivity (Wildman–Crippen MR) is 78.6 cm³/mol. The van der Waals surface area contributed by atoms with E-state index in [1.165, 1.54) is 12.1 Å². The third-order valence-electron chi connectivity index (χ3n) is 3.02. The number of nitro groups is 1. The number of alkyl halides is 1. The summed E-state index contributed by atoms with van der Waals surface area (Å²) in [5.74, 6) is 1.46. The van der Waals surface area contributed by atoms with Gasteiger partial charge in [0.1, 0.15) is 11.5 Å². The maximum atomic E-state index is 10.8. The highest BCUT2D eigenvalue weighted by Crippen LogP contribution is 2.33. The van der Waals surface area contributed by atoms with Crippen molar-refractivity contribution in [3.05, 3.63) is 63.2 Å². The number of aryl methyl sites for hydroxylation is 2. The first-order valence-electron chi connectivity index (χ1n) is 6.10. The van der Waals surface area contributed by atoms with Crippen LogP contribution in [0.4, 0.5) is 5.69 Å². The minimum Gasteiger partial charge on any atom is -0.456 e. The fraction of sp³-hybridized carbons (Fsp3) is 0.200. The summed E-state index contributed by atoms with van der Waals surface area (Å²) in [7, 11) is 0. The normalized spacial score (nSPS) is 10.3. The number of benzene rings is 2. The largest absolute Gasteiger partial charge is 0.456 e. The molecule has 0 N–H and O–H groups in total. The van der Waals surface area contributed by atoms with E-state index in [-0.39, 0.29) is 11.6 Å². The summed E-state index contributed by atoms with van der Waals surface area (Å²) >= 11 is 5.85. The molecule has 0 aromatic heterocycles. The third kappa shape index (κ3) is 2.91. The van der Waals surface area contributed by atoms with E-state index in [1.807, 2.05) is 32.0 Å². The van der Waals surface area contributed by atoms with Crippen molar-refractivity contribution in [2.24, 2.45) is 0 Å². The number of non-ortho nitro benzene ring substituents is 1. The highest BCUT2D eigenvalue weighted by molar-refractivity contribution is 6.17. The van der Waals surface area contributed by atoms with Crippen LogP contribution in [0.2, 0.25) is 0 Å². The van der Waals surface area contributed by atoms with Crippen molar-refractivity contribution in [3.63, 3.8) is 0 Å². The summed E-state index contributed by atoms with van der Waals surface area (Å²) in [6.07, 6.45) is 0. The Labute approximate surface area is 122 Å². The van der Waals surface area contributed by atoms with Gasteiger partial charge in [0, 0.05) is 17.7 Å². The molecule has 0 bridgehead atoms. The van der Waals surface area contributed by atoms with Crippen LogP contribution in [0.3, 0.4) is 0 Å². The van der Waals surface area contributed by atoms with Crippen LogP contribution in [0.25, 0.3) is 0 Å². The Morgan fingerprint density at radius 1 is 1.20 bits per heavy atom. The molecule has 0 amide bonds. The Morgan fingerprint density at radius 2 is 1.85 bits per heavy atom. The van der Waals surface area contributed by atoms with E-state index in [2.05, 4.69) is 0 Å². The van der Waals surface area contributed by atoms with Gasteiger partial charge in [0.25, 0.3) is 5.69 Å². The molecule has 4 nitrogen and oxygen atoms in total. The number of nitrogens with zero attached hydrogens (tertiary/aromatic N) is 1. The molecule has 0 aliphatic carbocycles. The molecule has 0 saturated heterocycles. The van der Waals surface area contributed by atoms with Crippen molar-refractivity contribution >= 4 is 17.3 Å². The maximum absolute atomic E-state index is 10.8. The summed E-state index contributed by atoms with van der Waals surface area (Å²) in [4.78, 5) is 10.3. The first kappa shape index (κ1) is 14.3. The minimum atomic E-state index is -0.446. The van der Waals surface area contributed by atoms with Gasteiger partial charge < -0.3 is 4.74 Å². The van der Waals surface area contributed by atoms with E-state index in [0.29, 0.717) is 11.3 Å². The minimum absolute atomic E-state index is 0.00880. The number of halogens is 1. The molecule has 0 heterocycles. The van der Waals surface area contributed by atoms with Crippen LogP contribution < -0.4 is 4.74 Å². The fourth-order valence-corrected chi connectivity index (χ4v) is 2.16. The van der Waals surface area contributed by atoms with Gasteiger partial charge in [-0.15, -0.1) is 11.6 Å². The molecular weight excluding hydrogens is 278 g/mol. The van der Waals surface area contributed by atoms with Gasteiger partial charge in [0.15, 0.2) is 0 Å². The molecule has 0 saturated carbocycles. The smallest absolute Gasteiger partial charge is 0.270 e. The maximum Gasteiger partial charge on any atom is 0.270 e. The molecule has 0 spiro atoms. The third-order valence-corrected chi connectivity index (χ3v) is 3.31. The average molecular weight is 292 g/mol. The van der Waals surface area contributed by atoms with E-state index < -0.39 is 4.92 Å². The van der Waals surface area contributed by atoms with Crippen molar-refractivity contribution in [1.82, 2.24) is 0 Å². The van der Waals surface area contributed by atoms with Gasteiger partial charge in [-0.2, -0.15) is 0 Å². The molecule has 20 heavy (non-hydrogen) atoms. The summed E-state index contributed by atoms with van der Waals surface area (Å²) in [6, 6.07) is 10.3. The second-order valence-electron chi connectivity index (χ2n) is 4.51. The lowest BCUT2D eigenvalue weighted by molar-refractivity contribution is -0.384. The van der Waals surface area contributed by atoms with E-state index >= 15 is 0 Å². The van der Waals surface area contributed by atoms with Crippen LogP contribution in [0, 0.1) is 24.0 Å². The molecular formula is C15H14ClNO3. The summed E-state index contributed by atoms with van der Waals surface area (Å²) < 4.78 is 5.89. The molecule has 0 fully saturated rings. The molecule has 0 unspecified atom stereocenters. The van der Waals surface area contributed by atoms with Crippen LogP contribution in [0.15, 0.2) is 36.4 Å². The van der Waals surface area contributed by atoms with Crippen LogP contribution in [-0.4, -0.2) is 4.92 Å². The average Bonchev–Trinajstić information content (AvgIpc) is 2.43. The van der Waals surface area contributed by atoms with Crippen LogP contribution >= 0.6 is 11.6 Å². The van der Waals surface area contributed by atoms with Crippen LogP contribution in [0.5, 0.6) is 11.5 Å². The topological polar surface area (TPSA) is 52.4 Å². The van der Waals surface area contributed by atoms with Crippen molar-refractivity contribution in [2.75, 3.05) is 0 Å². The number of nitro benzene ring substituents is 1. The molecule has 2 rings (SSSR count). The van der Waals surface area contributed by atoms with Gasteiger partial charge in [-0.1, -0.05) is 18.2 Å². The highest BCUT2D eigenvalue weighted by atomic mass is 35.5. The Morgan fingerprint density at radius 3 is 2.40 bits per heavy atom. The van der Waals surface area contributed by atoms with Crippen LogP contribution in [0.1, 0.15) is 16.7 Å². The number of hydrogen-bond acceptors (Lipinski definition) is 3. The zero-order valence-electron chi connectivity index (χ0n) is 11.2. The summed E-state index contributed by atoms with van der Waals surface area (Å²) in [5.41, 5.74) is 2.62. The Balaban J connectivity index is 2.41. The van der Waals surface area contributed by atoms with Gasteiger partial charge in [-0.25, -0.2) is 0 Å². The van der Waals surface area contributed by atoms with Crippen LogP contribution in [-0.2, 0) is 5.88 Å². The van der Waals surface area contributed by atoms with Crippen molar-refractivity contribution in [1.29, 1.82) is 0 Å². The molecule has 0 aliphatic rings. The molecule has 0 aliphatic heterocycles. The summed E-state index contributed by atoms with van der Waals surface area (Å²) in [5, 5.41) is 10.8. The molecule has 2 aromatic carbocycles. The lowest BCUT2D eigenvalue weighted by Crippen LogP contribution is -1.96. The molecule has 5 heteroatoms. The van der Waals surface area contributed by atoms with Crippen molar-refractivity contribution in [2.45, 2.75) is 19.7 Å². The SMILES string of the molecule is Cc1cccc(C)c1Oc1ccc([N+](=O)[O-])cc1CCl. The monoisotopic (exact) mass is 291 g/mol. The number of ether oxygens (including phenoxy) is 1. The lowest BCUT2D eigenvalue weighted by Gasteiger charge is -2.13.